The van der Waals surface area contributed by atoms with E-state index in [-0.39, 0.29) is 12.1 Å². The van der Waals surface area contributed by atoms with E-state index in [1.165, 1.54) is 0 Å². The fourth-order valence-corrected chi connectivity index (χ4v) is 2.95. The first-order valence-electron chi connectivity index (χ1n) is 7.18. The first-order valence-corrected chi connectivity index (χ1v) is 7.18. The highest BCUT2D eigenvalue weighted by Gasteiger charge is 2.27. The van der Waals surface area contributed by atoms with Crippen molar-refractivity contribution >= 4 is 0 Å². The fraction of sp³-hybridized carbons (Fsp3) is 0.533. The molecule has 3 atom stereocenters. The molecule has 0 aromatic carbocycles. The van der Waals surface area contributed by atoms with Gasteiger partial charge in [-0.05, 0) is 30.9 Å². The molecular weight excluding hydrogens is 254 g/mol. The van der Waals surface area contributed by atoms with Gasteiger partial charge >= 0.3 is 0 Å². The number of aromatic nitrogens is 2. The summed E-state index contributed by atoms with van der Waals surface area (Å²) in [6, 6.07) is 3.77. The quantitative estimate of drug-likeness (QED) is 0.874. The number of hydrogen-bond acceptors (Lipinski definition) is 4. The van der Waals surface area contributed by atoms with E-state index in [0.29, 0.717) is 5.92 Å². The van der Waals surface area contributed by atoms with Crippen LogP contribution in [0, 0.1) is 5.92 Å². The zero-order valence-electron chi connectivity index (χ0n) is 11.7. The first kappa shape index (κ1) is 13.4. The van der Waals surface area contributed by atoms with Crippen LogP contribution in [-0.2, 0) is 7.05 Å². The summed E-state index contributed by atoms with van der Waals surface area (Å²) < 4.78 is 7.53. The summed E-state index contributed by atoms with van der Waals surface area (Å²) in [5.41, 5.74) is 0. The van der Waals surface area contributed by atoms with E-state index in [9.17, 15) is 5.11 Å². The van der Waals surface area contributed by atoms with Gasteiger partial charge in [-0.1, -0.05) is 6.42 Å². The molecule has 1 fully saturated rings. The topological polar surface area (TPSA) is 63.2 Å². The third kappa shape index (κ3) is 2.64. The van der Waals surface area contributed by atoms with Crippen LogP contribution < -0.4 is 5.32 Å². The Morgan fingerprint density at radius 3 is 3.05 bits per heavy atom. The lowest BCUT2D eigenvalue weighted by atomic mass is 10.1. The summed E-state index contributed by atoms with van der Waals surface area (Å²) in [6.07, 6.45) is 8.33. The van der Waals surface area contributed by atoms with Crippen molar-refractivity contribution in [1.29, 1.82) is 0 Å². The molecule has 1 aliphatic carbocycles. The number of aliphatic hydroxyl groups is 1. The lowest BCUT2D eigenvalue weighted by Gasteiger charge is -2.21. The van der Waals surface area contributed by atoms with Crippen LogP contribution in [0.4, 0.5) is 0 Å². The van der Waals surface area contributed by atoms with Gasteiger partial charge in [0.05, 0.1) is 12.4 Å². The number of aliphatic hydroxyl groups excluding tert-OH is 1. The molecule has 1 aliphatic rings. The minimum atomic E-state index is -0.180. The van der Waals surface area contributed by atoms with Crippen molar-refractivity contribution in [3.8, 4) is 0 Å². The third-order valence-electron chi connectivity index (χ3n) is 4.15. The summed E-state index contributed by atoms with van der Waals surface area (Å²) in [7, 11) is 1.98. The second kappa shape index (κ2) is 5.81. The summed E-state index contributed by atoms with van der Waals surface area (Å²) in [5, 5.41) is 13.4. The fourth-order valence-electron chi connectivity index (χ4n) is 2.95. The number of nitrogens with zero attached hydrogens (tertiary/aromatic N) is 2. The normalized spacial score (nSPS) is 24.1. The molecule has 0 radical (unpaired) electrons. The van der Waals surface area contributed by atoms with Gasteiger partial charge in [0.25, 0.3) is 0 Å². The molecule has 5 heteroatoms. The number of furan rings is 1. The highest BCUT2D eigenvalue weighted by molar-refractivity contribution is 5.15. The molecular formula is C15H21N3O2. The standard InChI is InChI=1S/C15H21N3O2/c1-18-8-7-16-15(18)14(13-6-3-9-20-13)17-10-11-4-2-5-12(11)19/h3,6-9,11-12,14,17,19H,2,4-5,10H2,1H3. The monoisotopic (exact) mass is 275 g/mol. The van der Waals surface area contributed by atoms with E-state index in [1.807, 2.05) is 29.9 Å². The largest absolute Gasteiger partial charge is 0.467 e. The van der Waals surface area contributed by atoms with E-state index < -0.39 is 0 Å². The third-order valence-corrected chi connectivity index (χ3v) is 4.15. The zero-order chi connectivity index (χ0) is 13.9. The predicted octanol–water partition coefficient (Wildman–Crippen LogP) is 1.85. The van der Waals surface area contributed by atoms with Crippen LogP contribution >= 0.6 is 0 Å². The second-order valence-electron chi connectivity index (χ2n) is 5.51. The number of hydrogen-bond donors (Lipinski definition) is 2. The highest BCUT2D eigenvalue weighted by Crippen LogP contribution is 2.27. The second-order valence-corrected chi connectivity index (χ2v) is 5.51. The molecule has 3 rings (SSSR count). The molecule has 1 saturated carbocycles. The van der Waals surface area contributed by atoms with Crippen LogP contribution in [0.1, 0.15) is 36.9 Å². The van der Waals surface area contributed by atoms with Gasteiger partial charge in [-0.2, -0.15) is 0 Å². The smallest absolute Gasteiger partial charge is 0.133 e. The molecule has 2 aromatic heterocycles. The van der Waals surface area contributed by atoms with Gasteiger partial charge in [0.1, 0.15) is 17.6 Å². The van der Waals surface area contributed by atoms with Gasteiger partial charge in [0.2, 0.25) is 0 Å². The van der Waals surface area contributed by atoms with Crippen molar-refractivity contribution in [2.24, 2.45) is 13.0 Å². The Labute approximate surface area is 118 Å². The van der Waals surface area contributed by atoms with Crippen LogP contribution in [-0.4, -0.2) is 27.3 Å². The predicted molar refractivity (Wildman–Crippen MR) is 75.1 cm³/mol. The van der Waals surface area contributed by atoms with E-state index in [2.05, 4.69) is 10.3 Å². The highest BCUT2D eigenvalue weighted by atomic mass is 16.3. The molecule has 20 heavy (non-hydrogen) atoms. The number of aryl methyl sites for hydroxylation is 1. The van der Waals surface area contributed by atoms with Crippen molar-refractivity contribution in [3.63, 3.8) is 0 Å². The summed E-state index contributed by atoms with van der Waals surface area (Å²) in [4.78, 5) is 4.41. The van der Waals surface area contributed by atoms with Crippen molar-refractivity contribution in [2.45, 2.75) is 31.4 Å². The Kier molecular flexibility index (Phi) is 3.89. The molecule has 5 nitrogen and oxygen atoms in total. The summed E-state index contributed by atoms with van der Waals surface area (Å²) >= 11 is 0. The minimum Gasteiger partial charge on any atom is -0.467 e. The molecule has 0 bridgehead atoms. The minimum absolute atomic E-state index is 0.0715. The zero-order valence-corrected chi connectivity index (χ0v) is 11.7. The van der Waals surface area contributed by atoms with E-state index in [1.54, 1.807) is 12.5 Å². The maximum absolute atomic E-state index is 9.93. The first-order chi connectivity index (χ1) is 9.75. The van der Waals surface area contributed by atoms with Crippen LogP contribution in [0.2, 0.25) is 0 Å². The number of nitrogens with one attached hydrogen (secondary N) is 1. The number of rotatable bonds is 5. The molecule has 0 saturated heterocycles. The van der Waals surface area contributed by atoms with E-state index in [4.69, 9.17) is 4.42 Å². The van der Waals surface area contributed by atoms with Crippen molar-refractivity contribution in [2.75, 3.05) is 6.54 Å². The van der Waals surface area contributed by atoms with Gasteiger partial charge in [0.15, 0.2) is 0 Å². The van der Waals surface area contributed by atoms with E-state index in [0.717, 1.165) is 37.4 Å². The van der Waals surface area contributed by atoms with Gasteiger partial charge < -0.3 is 19.4 Å². The molecule has 0 amide bonds. The summed E-state index contributed by atoms with van der Waals surface area (Å²) in [6.45, 7) is 0.777. The van der Waals surface area contributed by atoms with Gasteiger partial charge in [-0.15, -0.1) is 0 Å². The van der Waals surface area contributed by atoms with Crippen LogP contribution in [0.25, 0.3) is 0 Å². The molecule has 0 aliphatic heterocycles. The summed E-state index contributed by atoms with van der Waals surface area (Å²) in [5.74, 6) is 2.10. The molecule has 108 valence electrons. The Balaban J connectivity index is 1.75. The number of imidazole rings is 1. The molecule has 0 spiro atoms. The Morgan fingerprint density at radius 1 is 1.55 bits per heavy atom. The van der Waals surface area contributed by atoms with Crippen LogP contribution in [0.5, 0.6) is 0 Å². The SMILES string of the molecule is Cn1ccnc1C(NCC1CCCC1O)c1ccco1. The van der Waals surface area contributed by atoms with E-state index >= 15 is 0 Å². The lowest BCUT2D eigenvalue weighted by molar-refractivity contribution is 0.130. The van der Waals surface area contributed by atoms with Gasteiger partial charge in [-0.25, -0.2) is 4.98 Å². The Morgan fingerprint density at radius 2 is 2.45 bits per heavy atom. The molecule has 2 aromatic rings. The average Bonchev–Trinajstić information content (AvgIpc) is 3.15. The van der Waals surface area contributed by atoms with Crippen molar-refractivity contribution in [3.05, 3.63) is 42.4 Å². The van der Waals surface area contributed by atoms with Gasteiger partial charge in [0, 0.05) is 26.0 Å². The van der Waals surface area contributed by atoms with Crippen molar-refractivity contribution < 1.29 is 9.52 Å². The molecule has 2 N–H and O–H groups in total. The van der Waals surface area contributed by atoms with Crippen molar-refractivity contribution in [1.82, 2.24) is 14.9 Å². The Hall–Kier alpha value is -1.59. The maximum atomic E-state index is 9.93. The van der Waals surface area contributed by atoms with Crippen LogP contribution in [0.3, 0.4) is 0 Å². The molecule has 3 unspecified atom stereocenters. The Bertz CT molecular complexity index is 535. The van der Waals surface area contributed by atoms with Gasteiger partial charge in [-0.3, -0.25) is 0 Å². The molecule has 2 heterocycles. The lowest BCUT2D eigenvalue weighted by Crippen LogP contribution is -2.32. The van der Waals surface area contributed by atoms with Crippen LogP contribution in [0.15, 0.2) is 35.2 Å². The average molecular weight is 275 g/mol. The maximum Gasteiger partial charge on any atom is 0.133 e.